The van der Waals surface area contributed by atoms with Crippen LogP contribution in [0.4, 0.5) is 0 Å². The predicted molar refractivity (Wildman–Crippen MR) is 92.2 cm³/mol. The molecule has 2 nitrogen and oxygen atoms in total. The van der Waals surface area contributed by atoms with Crippen molar-refractivity contribution in [2.24, 2.45) is 0 Å². The molecule has 0 bridgehead atoms. The first-order valence-corrected chi connectivity index (χ1v) is 10.6. The van der Waals surface area contributed by atoms with Gasteiger partial charge in [-0.05, 0) is 37.7 Å². The van der Waals surface area contributed by atoms with Crippen molar-refractivity contribution in [3.8, 4) is 6.07 Å². The molecular weight excluding hydrogens is 265 g/mol. The summed E-state index contributed by atoms with van der Waals surface area (Å²) >= 11 is 0. The van der Waals surface area contributed by atoms with Crippen LogP contribution in [0.15, 0.2) is 0 Å². The zero-order valence-electron chi connectivity index (χ0n) is 13.9. The molecule has 0 aromatic rings. The number of hydrogen-bond acceptors (Lipinski definition) is 2. The maximum Gasteiger partial charge on any atom is 0.173 e. The number of hydrogen-bond donors (Lipinski definition) is 0. The van der Waals surface area contributed by atoms with E-state index >= 15 is 0 Å². The molecule has 0 aliphatic carbocycles. The molecule has 0 aliphatic rings. The zero-order chi connectivity index (χ0) is 15.4. The molecule has 0 aliphatic heterocycles. The lowest BCUT2D eigenvalue weighted by Crippen LogP contribution is -2.18. The average molecular weight is 297 g/mol. The summed E-state index contributed by atoms with van der Waals surface area (Å²) in [7, 11) is 0. The molecule has 0 atom stereocenters. The van der Waals surface area contributed by atoms with Gasteiger partial charge in [-0.25, -0.2) is 0 Å². The fourth-order valence-corrected chi connectivity index (χ4v) is 7.66. The van der Waals surface area contributed by atoms with Crippen LogP contribution in [-0.2, 0) is 4.79 Å². The van der Waals surface area contributed by atoms with Crippen LogP contribution in [-0.4, -0.2) is 29.6 Å². The highest BCUT2D eigenvalue weighted by Crippen LogP contribution is 2.52. The van der Waals surface area contributed by atoms with Gasteiger partial charge in [-0.1, -0.05) is 53.8 Å². The summed E-state index contributed by atoms with van der Waals surface area (Å²) in [6.07, 6.45) is 10.7. The third kappa shape index (κ3) is 5.84. The van der Waals surface area contributed by atoms with Gasteiger partial charge >= 0.3 is 0 Å². The highest BCUT2D eigenvalue weighted by Gasteiger charge is 2.25. The smallest absolute Gasteiger partial charge is 0.173 e. The summed E-state index contributed by atoms with van der Waals surface area (Å²) < 4.78 is 0. The van der Waals surface area contributed by atoms with E-state index in [0.717, 1.165) is 57.0 Å². The van der Waals surface area contributed by atoms with E-state index in [0.29, 0.717) is 11.7 Å². The van der Waals surface area contributed by atoms with Gasteiger partial charge in [-0.3, -0.25) is 4.79 Å². The number of carbonyl (C=O) groups is 1. The molecule has 0 saturated carbocycles. The van der Waals surface area contributed by atoms with E-state index < -0.39 is 6.89 Å². The van der Waals surface area contributed by atoms with E-state index in [1.165, 1.54) is 0 Å². The molecule has 0 heterocycles. The standard InChI is InChI=1S/C17H32NOP/c1-5-9-12-20(13-10-6-2,14-11-7-3)17(15-18)16(19)8-4/h5-14H2,1-4H3. The Kier molecular flexibility index (Phi) is 10.9. The number of carbonyl (C=O) groups excluding carboxylic acids is 1. The summed E-state index contributed by atoms with van der Waals surface area (Å²) in [5, 5.41) is 10.3. The fourth-order valence-electron chi connectivity index (χ4n) is 2.65. The number of nitriles is 1. The summed E-state index contributed by atoms with van der Waals surface area (Å²) in [6, 6.07) is 2.34. The first-order valence-electron chi connectivity index (χ1n) is 8.28. The van der Waals surface area contributed by atoms with Crippen molar-refractivity contribution in [3.05, 3.63) is 0 Å². The molecule has 0 saturated heterocycles. The third-order valence-corrected chi connectivity index (χ3v) is 8.80. The Hall–Kier alpha value is -0.540. The second kappa shape index (κ2) is 11.2. The second-order valence-electron chi connectivity index (χ2n) is 5.61. The second-order valence-corrected chi connectivity index (χ2v) is 9.69. The molecule has 0 spiro atoms. The molecule has 0 unspecified atom stereocenters. The molecular formula is C17H32NOP. The molecule has 20 heavy (non-hydrogen) atoms. The SMILES string of the molecule is CCCCP(CCCC)(CCCC)=C(C#N)C(=O)CC. The van der Waals surface area contributed by atoms with Crippen molar-refractivity contribution in [1.82, 2.24) is 0 Å². The Labute approximate surface area is 125 Å². The van der Waals surface area contributed by atoms with Crippen molar-refractivity contribution in [3.63, 3.8) is 0 Å². The molecule has 0 rings (SSSR count). The van der Waals surface area contributed by atoms with E-state index in [1.54, 1.807) is 0 Å². The largest absolute Gasteiger partial charge is 0.293 e. The van der Waals surface area contributed by atoms with E-state index in [2.05, 4.69) is 26.8 Å². The molecule has 0 radical (unpaired) electrons. The van der Waals surface area contributed by atoms with Crippen LogP contribution in [0.25, 0.3) is 0 Å². The van der Waals surface area contributed by atoms with Crippen molar-refractivity contribution in [2.45, 2.75) is 72.6 Å². The summed E-state index contributed by atoms with van der Waals surface area (Å²) in [5.41, 5.74) is 0. The lowest BCUT2D eigenvalue weighted by atomic mass is 10.2. The maximum atomic E-state index is 12.2. The van der Waals surface area contributed by atoms with Crippen molar-refractivity contribution in [1.29, 1.82) is 5.26 Å². The first-order chi connectivity index (χ1) is 9.61. The minimum Gasteiger partial charge on any atom is -0.293 e. The van der Waals surface area contributed by atoms with Crippen LogP contribution in [0, 0.1) is 11.3 Å². The summed E-state index contributed by atoms with van der Waals surface area (Å²) in [4.78, 5) is 12.2. The van der Waals surface area contributed by atoms with E-state index in [4.69, 9.17) is 0 Å². The number of unbranched alkanes of at least 4 members (excludes halogenated alkanes) is 3. The summed E-state index contributed by atoms with van der Waals surface area (Å²) in [5.74, 6) is 0.115. The van der Waals surface area contributed by atoms with Gasteiger partial charge in [0.25, 0.3) is 0 Å². The molecule has 0 fully saturated rings. The van der Waals surface area contributed by atoms with Gasteiger partial charge in [0, 0.05) is 6.42 Å². The lowest BCUT2D eigenvalue weighted by molar-refractivity contribution is -0.112. The van der Waals surface area contributed by atoms with E-state index in [1.807, 2.05) is 6.92 Å². The highest BCUT2D eigenvalue weighted by atomic mass is 31.2. The minimum absolute atomic E-state index is 0.115. The molecule has 3 heteroatoms. The topological polar surface area (TPSA) is 40.9 Å². The lowest BCUT2D eigenvalue weighted by Gasteiger charge is -2.28. The monoisotopic (exact) mass is 297 g/mol. The van der Waals surface area contributed by atoms with E-state index in [9.17, 15) is 10.1 Å². The van der Waals surface area contributed by atoms with Gasteiger partial charge in [-0.2, -0.15) is 5.26 Å². The van der Waals surface area contributed by atoms with Gasteiger partial charge in [0.1, 0.15) is 6.07 Å². The van der Waals surface area contributed by atoms with Gasteiger partial charge in [-0.15, -0.1) is 0 Å². The van der Waals surface area contributed by atoms with Crippen LogP contribution in [0.3, 0.4) is 0 Å². The predicted octanol–water partition coefficient (Wildman–Crippen LogP) is 5.08. The fraction of sp³-hybridized carbons (Fsp3) is 0.824. The van der Waals surface area contributed by atoms with Crippen molar-refractivity contribution >= 4 is 18.0 Å². The summed E-state index contributed by atoms with van der Waals surface area (Å²) in [6.45, 7) is 6.95. The number of Topliss-reactive ketones (excluding diaryl/α,β-unsaturated/α-hetero) is 1. The first kappa shape index (κ1) is 19.5. The van der Waals surface area contributed by atoms with Crippen LogP contribution in [0.5, 0.6) is 0 Å². The Morgan fingerprint density at radius 3 is 1.55 bits per heavy atom. The Morgan fingerprint density at radius 2 is 1.30 bits per heavy atom. The van der Waals surface area contributed by atoms with Gasteiger partial charge in [0.05, 0.1) is 5.29 Å². The van der Waals surface area contributed by atoms with E-state index in [-0.39, 0.29) is 5.78 Å². The van der Waals surface area contributed by atoms with Crippen molar-refractivity contribution < 1.29 is 4.79 Å². The van der Waals surface area contributed by atoms with Gasteiger partial charge in [0.2, 0.25) is 0 Å². The minimum atomic E-state index is -1.52. The number of rotatable bonds is 11. The number of nitrogens with zero attached hydrogens (tertiary/aromatic N) is 1. The number of ketones is 1. The normalized spacial score (nSPS) is 11.2. The van der Waals surface area contributed by atoms with Crippen LogP contribution in [0.2, 0.25) is 0 Å². The van der Waals surface area contributed by atoms with Gasteiger partial charge in [0.15, 0.2) is 5.78 Å². The van der Waals surface area contributed by atoms with Crippen LogP contribution in [0.1, 0.15) is 72.6 Å². The average Bonchev–Trinajstić information content (AvgIpc) is 2.48. The Bertz CT molecular complexity index is 350. The maximum absolute atomic E-state index is 12.2. The Balaban J connectivity index is 5.69. The zero-order valence-corrected chi connectivity index (χ0v) is 14.8. The van der Waals surface area contributed by atoms with Crippen LogP contribution >= 0.6 is 6.89 Å². The van der Waals surface area contributed by atoms with Gasteiger partial charge < -0.3 is 0 Å². The Morgan fingerprint density at radius 1 is 0.900 bits per heavy atom. The third-order valence-electron chi connectivity index (χ3n) is 3.98. The quantitative estimate of drug-likeness (QED) is 0.499. The molecule has 0 N–H and O–H groups in total. The molecule has 0 aromatic carbocycles. The molecule has 116 valence electrons. The molecule has 0 amide bonds. The highest BCUT2D eigenvalue weighted by molar-refractivity contribution is 7.78. The van der Waals surface area contributed by atoms with Crippen molar-refractivity contribution in [2.75, 3.05) is 18.5 Å². The molecule has 0 aromatic heterocycles. The van der Waals surface area contributed by atoms with Crippen LogP contribution < -0.4 is 0 Å².